The van der Waals surface area contributed by atoms with E-state index in [1.807, 2.05) is 0 Å². The van der Waals surface area contributed by atoms with E-state index in [1.54, 1.807) is 30.3 Å². The second-order valence-corrected chi connectivity index (χ2v) is 3.11. The van der Waals surface area contributed by atoms with Gasteiger partial charge in [0, 0.05) is 9.53 Å². The van der Waals surface area contributed by atoms with E-state index in [-0.39, 0.29) is 6.42 Å². The highest BCUT2D eigenvalue weighted by Gasteiger charge is 2.21. The molecule has 2 nitrogen and oxygen atoms in total. The lowest BCUT2D eigenvalue weighted by molar-refractivity contribution is 0.0631. The summed E-state index contributed by atoms with van der Waals surface area (Å²) in [6.07, 6.45) is -0.583. The van der Waals surface area contributed by atoms with Crippen molar-refractivity contribution in [2.75, 3.05) is 13.1 Å². The number of aliphatic hydroxyl groups is 2. The van der Waals surface area contributed by atoms with Crippen LogP contribution in [0.2, 0.25) is 0 Å². The summed E-state index contributed by atoms with van der Waals surface area (Å²) in [4.78, 5) is 0. The minimum Gasteiger partial charge on any atom is -0.396 e. The molecule has 2 heteroatoms. The van der Waals surface area contributed by atoms with Crippen LogP contribution in [0.25, 0.3) is 0 Å². The smallest absolute Gasteiger partial charge is 0.0570 e. The highest BCUT2D eigenvalue weighted by Crippen LogP contribution is 2.21. The SMILES string of the molecule is [2H]C([2H])([2H])C(CCc1ccccc1)(C([2H])([2H])O)C([2H])([2H])O. The van der Waals surface area contributed by atoms with E-state index in [0.717, 1.165) is 0 Å². The van der Waals surface area contributed by atoms with Crippen LogP contribution in [0.15, 0.2) is 30.3 Å². The van der Waals surface area contributed by atoms with Gasteiger partial charge in [-0.25, -0.2) is 0 Å². The van der Waals surface area contributed by atoms with Crippen LogP contribution in [0.3, 0.4) is 0 Å². The third-order valence-electron chi connectivity index (χ3n) is 2.01. The van der Waals surface area contributed by atoms with E-state index in [1.165, 1.54) is 0 Å². The van der Waals surface area contributed by atoms with Gasteiger partial charge in [0.25, 0.3) is 0 Å². The highest BCUT2D eigenvalue weighted by atomic mass is 16.3. The van der Waals surface area contributed by atoms with Crippen molar-refractivity contribution in [3.8, 4) is 0 Å². The Labute approximate surface area is 95.0 Å². The van der Waals surface area contributed by atoms with Crippen LogP contribution >= 0.6 is 0 Å². The largest absolute Gasteiger partial charge is 0.396 e. The van der Waals surface area contributed by atoms with Crippen LogP contribution in [-0.2, 0) is 6.42 Å². The zero-order chi connectivity index (χ0) is 16.5. The fourth-order valence-corrected chi connectivity index (χ4v) is 1.11. The molecule has 0 aliphatic carbocycles. The maximum atomic E-state index is 9.65. The van der Waals surface area contributed by atoms with Gasteiger partial charge in [-0.2, -0.15) is 0 Å². The summed E-state index contributed by atoms with van der Waals surface area (Å²) in [5.74, 6) is 0. The Kier molecular flexibility index (Phi) is 1.75. The van der Waals surface area contributed by atoms with Crippen molar-refractivity contribution < 1.29 is 19.8 Å². The van der Waals surface area contributed by atoms with Gasteiger partial charge in [0.05, 0.1) is 18.6 Å². The van der Waals surface area contributed by atoms with E-state index >= 15 is 0 Å². The highest BCUT2D eigenvalue weighted by molar-refractivity contribution is 5.14. The van der Waals surface area contributed by atoms with Crippen molar-refractivity contribution >= 4 is 0 Å². The molecule has 0 unspecified atom stereocenters. The summed E-state index contributed by atoms with van der Waals surface area (Å²) in [7, 11) is 0. The molecule has 0 atom stereocenters. The van der Waals surface area contributed by atoms with E-state index in [2.05, 4.69) is 0 Å². The fourth-order valence-electron chi connectivity index (χ4n) is 1.11. The molecule has 2 N–H and O–H groups in total. The molecule has 0 spiro atoms. The summed E-state index contributed by atoms with van der Waals surface area (Å²) in [6.45, 7) is -10.1. The number of aryl methyl sites for hydroxylation is 1. The number of rotatable bonds is 5. The molecule has 0 aliphatic heterocycles. The van der Waals surface area contributed by atoms with Crippen LogP contribution in [-0.4, -0.2) is 23.3 Å². The quantitative estimate of drug-likeness (QED) is 0.760. The van der Waals surface area contributed by atoms with Crippen LogP contribution in [0, 0.1) is 5.41 Å². The molecule has 1 aromatic rings. The van der Waals surface area contributed by atoms with Crippen molar-refractivity contribution in [2.45, 2.75) is 19.7 Å². The van der Waals surface area contributed by atoms with Gasteiger partial charge in [0.1, 0.15) is 0 Å². The molecule has 0 saturated heterocycles. The Morgan fingerprint density at radius 3 is 2.43 bits per heavy atom. The van der Waals surface area contributed by atoms with Gasteiger partial charge < -0.3 is 10.2 Å². The zero-order valence-electron chi connectivity index (χ0n) is 14.7. The van der Waals surface area contributed by atoms with Crippen molar-refractivity contribution in [2.24, 2.45) is 5.41 Å². The maximum Gasteiger partial charge on any atom is 0.0570 e. The summed E-state index contributed by atoms with van der Waals surface area (Å²) in [5, 5.41) is 19.3. The van der Waals surface area contributed by atoms with Crippen LogP contribution < -0.4 is 0 Å². The third-order valence-corrected chi connectivity index (χ3v) is 2.01. The van der Waals surface area contributed by atoms with Gasteiger partial charge >= 0.3 is 0 Å². The molecule has 1 rings (SSSR count). The first-order valence-electron chi connectivity index (χ1n) is 7.82. The molecule has 1 aromatic carbocycles. The van der Waals surface area contributed by atoms with Gasteiger partial charge in [0.15, 0.2) is 0 Å². The van der Waals surface area contributed by atoms with E-state index in [4.69, 9.17) is 9.60 Å². The average Bonchev–Trinajstić information content (AvgIpc) is 2.25. The van der Waals surface area contributed by atoms with Gasteiger partial charge in [-0.1, -0.05) is 37.2 Å². The Balaban J connectivity index is 3.25. The molecular weight excluding hydrogens is 176 g/mol. The first kappa shape index (κ1) is 4.77. The molecule has 0 radical (unpaired) electrons. The van der Waals surface area contributed by atoms with E-state index in [9.17, 15) is 10.2 Å². The summed E-state index contributed by atoms with van der Waals surface area (Å²) >= 11 is 0. The number of hydrogen-bond donors (Lipinski definition) is 2. The Bertz CT molecular complexity index is 423. The Morgan fingerprint density at radius 2 is 1.93 bits per heavy atom. The molecule has 0 saturated carbocycles. The molecule has 0 aliphatic rings. The molecule has 78 valence electrons. The lowest BCUT2D eigenvalue weighted by atomic mass is 9.86. The summed E-state index contributed by atoms with van der Waals surface area (Å²) < 4.78 is 51.8. The second kappa shape index (κ2) is 5.13. The van der Waals surface area contributed by atoms with Crippen molar-refractivity contribution in [3.05, 3.63) is 35.9 Å². The molecule has 0 amide bonds. The fraction of sp³-hybridized carbons (Fsp3) is 0.500. The first-order valence-corrected chi connectivity index (χ1v) is 4.32. The normalized spacial score (nSPS) is 22.0. The van der Waals surface area contributed by atoms with E-state index in [0.29, 0.717) is 5.56 Å². The van der Waals surface area contributed by atoms with Crippen LogP contribution in [0.1, 0.15) is 28.4 Å². The van der Waals surface area contributed by atoms with Crippen LogP contribution in [0.4, 0.5) is 0 Å². The molecule has 0 fully saturated rings. The monoisotopic (exact) mass is 201 g/mol. The molecule has 0 aromatic heterocycles. The first-order chi connectivity index (χ1) is 9.33. The maximum absolute atomic E-state index is 9.65. The Hall–Kier alpha value is -0.860. The second-order valence-electron chi connectivity index (χ2n) is 3.11. The predicted molar refractivity (Wildman–Crippen MR) is 57.0 cm³/mol. The lowest BCUT2D eigenvalue weighted by Crippen LogP contribution is -2.26. The summed E-state index contributed by atoms with van der Waals surface area (Å²) in [6, 6.07) is 8.49. The van der Waals surface area contributed by atoms with Crippen molar-refractivity contribution in [1.82, 2.24) is 0 Å². The van der Waals surface area contributed by atoms with Crippen LogP contribution in [0.5, 0.6) is 0 Å². The van der Waals surface area contributed by atoms with Crippen molar-refractivity contribution in [3.63, 3.8) is 0 Å². The van der Waals surface area contributed by atoms with Crippen molar-refractivity contribution in [1.29, 1.82) is 0 Å². The summed E-state index contributed by atoms with van der Waals surface area (Å²) in [5.41, 5.74) is -2.30. The molecular formula is C12H18O2. The van der Waals surface area contributed by atoms with Gasteiger partial charge in [0.2, 0.25) is 0 Å². The molecule has 0 bridgehead atoms. The standard InChI is InChI=1S/C12H18O2/c1-12(9-13,10-14)8-7-11-5-3-2-4-6-11/h2-6,13-14H,7-10H2,1H3/i1D3,9D2,10D2. The molecule has 0 heterocycles. The zero-order valence-corrected chi connectivity index (χ0v) is 7.70. The van der Waals surface area contributed by atoms with Gasteiger partial charge in [-0.3, -0.25) is 0 Å². The van der Waals surface area contributed by atoms with E-state index < -0.39 is 31.8 Å². The third kappa shape index (κ3) is 3.13. The topological polar surface area (TPSA) is 40.5 Å². The van der Waals surface area contributed by atoms with Gasteiger partial charge in [-0.05, 0) is 18.4 Å². The average molecular weight is 201 g/mol. The number of benzene rings is 1. The predicted octanol–water partition coefficient (Wildman–Crippen LogP) is 1.61. The van der Waals surface area contributed by atoms with Gasteiger partial charge in [-0.15, -0.1) is 0 Å². The lowest BCUT2D eigenvalue weighted by Gasteiger charge is -2.24. The molecule has 14 heavy (non-hydrogen) atoms. The number of hydrogen-bond acceptors (Lipinski definition) is 2. The minimum atomic E-state index is -3.43. The minimum absolute atomic E-state index is 0.000625. The Morgan fingerprint density at radius 1 is 1.29 bits per heavy atom.